The number of ether oxygens (including phenoxy) is 1. The summed E-state index contributed by atoms with van der Waals surface area (Å²) in [5.74, 6) is -0.318. The van der Waals surface area contributed by atoms with E-state index in [9.17, 15) is 14.9 Å². The second-order valence-electron chi connectivity index (χ2n) is 4.63. The molecule has 2 aromatic rings. The predicted molar refractivity (Wildman–Crippen MR) is 91.5 cm³/mol. The molecule has 1 aromatic heterocycles. The predicted octanol–water partition coefficient (Wildman–Crippen LogP) is 1.75. The number of rotatable bonds is 8. The number of para-hydroxylation sites is 1. The van der Waals surface area contributed by atoms with E-state index in [2.05, 4.69) is 32.7 Å². The van der Waals surface area contributed by atoms with Crippen LogP contribution in [0.4, 0.5) is 17.3 Å². The molecule has 130 valence electrons. The highest BCUT2D eigenvalue weighted by Crippen LogP contribution is 2.28. The zero-order chi connectivity index (χ0) is 18.2. The fourth-order valence-electron chi connectivity index (χ4n) is 1.96. The van der Waals surface area contributed by atoms with Crippen LogP contribution in [0.2, 0.25) is 0 Å². The fourth-order valence-corrected chi connectivity index (χ4v) is 1.96. The third-order valence-electron chi connectivity index (χ3n) is 3.06. The molecule has 0 atom stereocenters. The van der Waals surface area contributed by atoms with Crippen molar-refractivity contribution in [2.24, 2.45) is 0 Å². The summed E-state index contributed by atoms with van der Waals surface area (Å²) in [5, 5.41) is 14.0. The molecule has 25 heavy (non-hydrogen) atoms. The number of nitrogens with zero attached hydrogens (tertiary/aromatic N) is 3. The van der Waals surface area contributed by atoms with Crippen LogP contribution >= 0.6 is 0 Å². The van der Waals surface area contributed by atoms with Crippen molar-refractivity contribution in [2.45, 2.75) is 0 Å². The molecule has 0 radical (unpaired) electrons. The number of nitrogens with one attached hydrogen (secondary N) is 3. The Labute approximate surface area is 143 Å². The first-order valence-electron chi connectivity index (χ1n) is 7.12. The topological polar surface area (TPSA) is 131 Å². The summed E-state index contributed by atoms with van der Waals surface area (Å²) in [6.45, 7) is 3.80. The van der Waals surface area contributed by atoms with Gasteiger partial charge in [0.15, 0.2) is 0 Å². The van der Waals surface area contributed by atoms with Gasteiger partial charge >= 0.3 is 5.69 Å². The Hall–Kier alpha value is -3.69. The first kappa shape index (κ1) is 17.7. The SMILES string of the molecule is C=CCNc1ncnc(NNC(=O)c2ccccc2OC)c1[N+](=O)[O-]. The van der Waals surface area contributed by atoms with E-state index in [1.807, 2.05) is 0 Å². The second-order valence-corrected chi connectivity index (χ2v) is 4.63. The highest BCUT2D eigenvalue weighted by molar-refractivity contribution is 5.97. The Bertz CT molecular complexity index is 795. The van der Waals surface area contributed by atoms with E-state index in [0.717, 1.165) is 6.33 Å². The normalized spacial score (nSPS) is 9.80. The summed E-state index contributed by atoms with van der Waals surface area (Å²) in [6, 6.07) is 6.57. The van der Waals surface area contributed by atoms with Gasteiger partial charge in [0.1, 0.15) is 12.1 Å². The molecule has 0 aliphatic heterocycles. The van der Waals surface area contributed by atoms with Gasteiger partial charge in [-0.1, -0.05) is 18.2 Å². The van der Waals surface area contributed by atoms with Crippen LogP contribution in [0.3, 0.4) is 0 Å². The van der Waals surface area contributed by atoms with Gasteiger partial charge in [-0.2, -0.15) is 0 Å². The van der Waals surface area contributed by atoms with Crippen LogP contribution in [0.15, 0.2) is 43.2 Å². The maximum atomic E-state index is 12.2. The summed E-state index contributed by atoms with van der Waals surface area (Å²) in [4.78, 5) is 30.5. The molecule has 1 heterocycles. The molecule has 0 spiro atoms. The molecule has 0 saturated heterocycles. The summed E-state index contributed by atoms with van der Waals surface area (Å²) in [7, 11) is 1.44. The Balaban J connectivity index is 2.21. The molecule has 3 N–H and O–H groups in total. The summed E-state index contributed by atoms with van der Waals surface area (Å²) in [6.07, 6.45) is 2.67. The van der Waals surface area contributed by atoms with Gasteiger partial charge in [-0.25, -0.2) is 9.97 Å². The highest BCUT2D eigenvalue weighted by Gasteiger charge is 2.23. The Morgan fingerprint density at radius 2 is 2.08 bits per heavy atom. The number of anilines is 2. The van der Waals surface area contributed by atoms with Crippen molar-refractivity contribution in [1.82, 2.24) is 15.4 Å². The lowest BCUT2D eigenvalue weighted by molar-refractivity contribution is -0.383. The van der Waals surface area contributed by atoms with Crippen molar-refractivity contribution >= 4 is 23.2 Å². The largest absolute Gasteiger partial charge is 0.496 e. The molecular formula is C15H16N6O4. The molecule has 10 nitrogen and oxygen atoms in total. The highest BCUT2D eigenvalue weighted by atomic mass is 16.6. The molecule has 1 amide bonds. The van der Waals surface area contributed by atoms with Crippen molar-refractivity contribution in [3.8, 4) is 5.75 Å². The van der Waals surface area contributed by atoms with Crippen LogP contribution in [-0.4, -0.2) is 34.5 Å². The van der Waals surface area contributed by atoms with E-state index in [0.29, 0.717) is 5.75 Å². The van der Waals surface area contributed by atoms with E-state index in [1.165, 1.54) is 13.2 Å². The van der Waals surface area contributed by atoms with Crippen LogP contribution < -0.4 is 20.9 Å². The van der Waals surface area contributed by atoms with Gasteiger partial charge in [0.25, 0.3) is 5.91 Å². The Morgan fingerprint density at radius 3 is 2.76 bits per heavy atom. The van der Waals surface area contributed by atoms with E-state index in [1.54, 1.807) is 24.3 Å². The lowest BCUT2D eigenvalue weighted by atomic mass is 10.2. The van der Waals surface area contributed by atoms with Crippen LogP contribution in [0.1, 0.15) is 10.4 Å². The van der Waals surface area contributed by atoms with E-state index in [-0.39, 0.29) is 23.7 Å². The molecule has 0 bridgehead atoms. The molecular weight excluding hydrogens is 328 g/mol. The van der Waals surface area contributed by atoms with Gasteiger partial charge in [0, 0.05) is 6.54 Å². The minimum atomic E-state index is -0.650. The molecule has 10 heteroatoms. The molecule has 2 rings (SSSR count). The minimum Gasteiger partial charge on any atom is -0.496 e. The Kier molecular flexibility index (Phi) is 5.82. The van der Waals surface area contributed by atoms with Crippen molar-refractivity contribution in [1.29, 1.82) is 0 Å². The van der Waals surface area contributed by atoms with Crippen molar-refractivity contribution in [2.75, 3.05) is 24.4 Å². The standard InChI is InChI=1S/C15H16N6O4/c1-3-8-16-13-12(21(23)24)14(18-9-17-13)19-20-15(22)10-6-4-5-7-11(10)25-2/h3-7,9H,1,8H2,2H3,(H,20,22)(H2,16,17,18,19). The molecule has 0 saturated carbocycles. The van der Waals surface area contributed by atoms with Gasteiger partial charge in [0.05, 0.1) is 17.6 Å². The molecule has 0 aliphatic carbocycles. The number of aromatic nitrogens is 2. The first-order valence-corrected chi connectivity index (χ1v) is 7.12. The molecule has 0 unspecified atom stereocenters. The quantitative estimate of drug-likeness (QED) is 0.375. The van der Waals surface area contributed by atoms with Crippen molar-refractivity contribution in [3.05, 3.63) is 58.9 Å². The molecule has 1 aromatic carbocycles. The lowest BCUT2D eigenvalue weighted by Gasteiger charge is -2.11. The number of hydrogen-bond donors (Lipinski definition) is 3. The summed E-state index contributed by atoms with van der Waals surface area (Å²) in [5.41, 5.74) is 4.67. The number of nitro groups is 1. The van der Waals surface area contributed by atoms with Crippen LogP contribution in [0.25, 0.3) is 0 Å². The van der Waals surface area contributed by atoms with E-state index >= 15 is 0 Å². The fraction of sp³-hybridized carbons (Fsp3) is 0.133. The maximum absolute atomic E-state index is 12.2. The molecule has 0 aliphatic rings. The average molecular weight is 344 g/mol. The second kappa shape index (κ2) is 8.24. The average Bonchev–Trinajstić information content (AvgIpc) is 2.63. The number of benzene rings is 1. The minimum absolute atomic E-state index is 0.00828. The number of amides is 1. The van der Waals surface area contributed by atoms with Gasteiger partial charge in [-0.05, 0) is 12.1 Å². The number of carbonyl (C=O) groups is 1. The van der Waals surface area contributed by atoms with Crippen LogP contribution in [0, 0.1) is 10.1 Å². The molecule has 0 fully saturated rings. The number of methoxy groups -OCH3 is 1. The van der Waals surface area contributed by atoms with Gasteiger partial charge < -0.3 is 10.1 Å². The van der Waals surface area contributed by atoms with E-state index < -0.39 is 16.5 Å². The van der Waals surface area contributed by atoms with Crippen molar-refractivity contribution < 1.29 is 14.5 Å². The van der Waals surface area contributed by atoms with Gasteiger partial charge in [-0.3, -0.25) is 25.8 Å². The van der Waals surface area contributed by atoms with E-state index in [4.69, 9.17) is 4.74 Å². The summed E-state index contributed by atoms with van der Waals surface area (Å²) >= 11 is 0. The Morgan fingerprint density at radius 1 is 1.36 bits per heavy atom. The third-order valence-corrected chi connectivity index (χ3v) is 3.06. The monoisotopic (exact) mass is 344 g/mol. The summed E-state index contributed by atoms with van der Waals surface area (Å²) < 4.78 is 5.10. The maximum Gasteiger partial charge on any atom is 0.354 e. The number of hydrogen-bond acceptors (Lipinski definition) is 8. The number of hydrazine groups is 1. The van der Waals surface area contributed by atoms with Gasteiger partial charge in [-0.15, -0.1) is 6.58 Å². The zero-order valence-corrected chi connectivity index (χ0v) is 13.4. The number of carbonyl (C=O) groups excluding carboxylic acids is 1. The lowest BCUT2D eigenvalue weighted by Crippen LogP contribution is -2.30. The van der Waals surface area contributed by atoms with Crippen LogP contribution in [-0.2, 0) is 0 Å². The zero-order valence-electron chi connectivity index (χ0n) is 13.4. The van der Waals surface area contributed by atoms with Crippen LogP contribution in [0.5, 0.6) is 5.75 Å². The van der Waals surface area contributed by atoms with Crippen molar-refractivity contribution in [3.63, 3.8) is 0 Å². The smallest absolute Gasteiger partial charge is 0.354 e. The first-order chi connectivity index (χ1) is 12.1. The van der Waals surface area contributed by atoms with Gasteiger partial charge in [0.2, 0.25) is 11.6 Å². The third kappa shape index (κ3) is 4.19.